The number of rotatable bonds is 0. The third-order valence-electron chi connectivity index (χ3n) is 3.72. The SMILES string of the molecule is FC(F)(F)C1=NO[C@@H]2[C@@H]3CC[C@H](C3)[C@@H]12. The van der Waals surface area contributed by atoms with Crippen LogP contribution in [0.25, 0.3) is 0 Å². The molecular weight excluding hydrogens is 195 g/mol. The number of hydrogen-bond acceptors (Lipinski definition) is 2. The molecule has 0 aromatic heterocycles. The molecule has 0 aromatic rings. The predicted molar refractivity (Wildman–Crippen MR) is 42.7 cm³/mol. The average molecular weight is 205 g/mol. The molecule has 1 aliphatic heterocycles. The molecule has 3 rings (SSSR count). The van der Waals surface area contributed by atoms with Crippen molar-refractivity contribution in [1.29, 1.82) is 0 Å². The van der Waals surface area contributed by atoms with Crippen LogP contribution in [0.15, 0.2) is 5.16 Å². The van der Waals surface area contributed by atoms with Crippen LogP contribution in [-0.2, 0) is 4.84 Å². The molecule has 0 N–H and O–H groups in total. The highest BCUT2D eigenvalue weighted by atomic mass is 19.4. The molecular formula is C9H10F3NO. The van der Waals surface area contributed by atoms with E-state index in [1.807, 2.05) is 0 Å². The second-order valence-electron chi connectivity index (χ2n) is 4.40. The first-order chi connectivity index (χ1) is 6.57. The first-order valence-electron chi connectivity index (χ1n) is 4.88. The smallest absolute Gasteiger partial charge is 0.391 e. The van der Waals surface area contributed by atoms with E-state index in [9.17, 15) is 13.2 Å². The summed E-state index contributed by atoms with van der Waals surface area (Å²) in [5, 5.41) is 3.22. The van der Waals surface area contributed by atoms with E-state index in [1.54, 1.807) is 0 Å². The van der Waals surface area contributed by atoms with Crippen molar-refractivity contribution in [2.24, 2.45) is 22.9 Å². The Kier molecular flexibility index (Phi) is 1.49. The van der Waals surface area contributed by atoms with Crippen molar-refractivity contribution in [2.45, 2.75) is 31.5 Å². The first kappa shape index (κ1) is 8.56. The van der Waals surface area contributed by atoms with Gasteiger partial charge in [0, 0.05) is 0 Å². The van der Waals surface area contributed by atoms with E-state index < -0.39 is 17.8 Å². The zero-order chi connectivity index (χ0) is 9.92. The van der Waals surface area contributed by atoms with Crippen LogP contribution in [0, 0.1) is 17.8 Å². The molecule has 3 aliphatic rings. The largest absolute Gasteiger partial charge is 0.433 e. The number of hydrogen-bond donors (Lipinski definition) is 0. The third-order valence-corrected chi connectivity index (χ3v) is 3.72. The zero-order valence-electron chi connectivity index (χ0n) is 7.42. The Morgan fingerprint density at radius 1 is 1.21 bits per heavy atom. The van der Waals surface area contributed by atoms with Crippen molar-refractivity contribution in [3.8, 4) is 0 Å². The average Bonchev–Trinajstić information content (AvgIpc) is 2.74. The molecule has 2 aliphatic carbocycles. The molecule has 0 spiro atoms. The molecule has 2 saturated carbocycles. The minimum absolute atomic E-state index is 0.160. The van der Waals surface area contributed by atoms with Crippen molar-refractivity contribution in [1.82, 2.24) is 0 Å². The van der Waals surface area contributed by atoms with Gasteiger partial charge in [-0.2, -0.15) is 13.2 Å². The molecule has 4 atom stereocenters. The Morgan fingerprint density at radius 3 is 2.64 bits per heavy atom. The maximum Gasteiger partial charge on any atom is 0.433 e. The van der Waals surface area contributed by atoms with Crippen molar-refractivity contribution in [2.75, 3.05) is 0 Å². The van der Waals surface area contributed by atoms with Crippen LogP contribution in [0.4, 0.5) is 13.2 Å². The topological polar surface area (TPSA) is 21.6 Å². The molecule has 14 heavy (non-hydrogen) atoms. The van der Waals surface area contributed by atoms with Gasteiger partial charge in [0.25, 0.3) is 0 Å². The minimum Gasteiger partial charge on any atom is -0.391 e. The molecule has 2 fully saturated rings. The second kappa shape index (κ2) is 2.44. The molecule has 0 radical (unpaired) electrons. The number of nitrogens with zero attached hydrogens (tertiary/aromatic N) is 1. The lowest BCUT2D eigenvalue weighted by Crippen LogP contribution is -2.36. The summed E-state index contributed by atoms with van der Waals surface area (Å²) in [7, 11) is 0. The Bertz CT molecular complexity index is 299. The Balaban J connectivity index is 1.91. The van der Waals surface area contributed by atoms with Gasteiger partial charge in [0.2, 0.25) is 0 Å². The Morgan fingerprint density at radius 2 is 1.93 bits per heavy atom. The number of alkyl halides is 3. The van der Waals surface area contributed by atoms with E-state index in [4.69, 9.17) is 4.84 Å². The summed E-state index contributed by atoms with van der Waals surface area (Å²) >= 11 is 0. The summed E-state index contributed by atoms with van der Waals surface area (Å²) in [6.45, 7) is 0. The lowest BCUT2D eigenvalue weighted by Gasteiger charge is -2.23. The maximum atomic E-state index is 12.5. The van der Waals surface area contributed by atoms with E-state index in [0.717, 1.165) is 19.3 Å². The van der Waals surface area contributed by atoms with Crippen molar-refractivity contribution < 1.29 is 18.0 Å². The normalized spacial score (nSPS) is 44.9. The summed E-state index contributed by atoms with van der Waals surface area (Å²) in [4.78, 5) is 4.92. The van der Waals surface area contributed by atoms with Crippen molar-refractivity contribution >= 4 is 5.71 Å². The summed E-state index contributed by atoms with van der Waals surface area (Å²) < 4.78 is 37.5. The lowest BCUT2D eigenvalue weighted by atomic mass is 9.83. The highest BCUT2D eigenvalue weighted by Crippen LogP contribution is 2.54. The van der Waals surface area contributed by atoms with Crippen LogP contribution >= 0.6 is 0 Å². The van der Waals surface area contributed by atoms with Crippen molar-refractivity contribution in [3.63, 3.8) is 0 Å². The molecule has 0 aromatic carbocycles. The summed E-state index contributed by atoms with van der Waals surface area (Å²) in [5.41, 5.74) is -0.672. The fourth-order valence-electron chi connectivity index (χ4n) is 3.19. The van der Waals surface area contributed by atoms with Gasteiger partial charge in [-0.3, -0.25) is 0 Å². The van der Waals surface area contributed by atoms with Crippen LogP contribution in [-0.4, -0.2) is 18.0 Å². The summed E-state index contributed by atoms with van der Waals surface area (Å²) in [5.74, 6) is 0.00947. The van der Waals surface area contributed by atoms with E-state index in [1.165, 1.54) is 0 Å². The van der Waals surface area contributed by atoms with Crippen LogP contribution in [0.5, 0.6) is 0 Å². The fourth-order valence-corrected chi connectivity index (χ4v) is 3.19. The highest BCUT2D eigenvalue weighted by molar-refractivity contribution is 5.93. The third kappa shape index (κ3) is 0.953. The van der Waals surface area contributed by atoms with E-state index in [-0.39, 0.29) is 12.0 Å². The van der Waals surface area contributed by atoms with Gasteiger partial charge in [0.05, 0.1) is 5.92 Å². The number of halogens is 3. The predicted octanol–water partition coefficient (Wildman–Crippen LogP) is 2.35. The van der Waals surface area contributed by atoms with Crippen LogP contribution < -0.4 is 0 Å². The zero-order valence-corrected chi connectivity index (χ0v) is 7.42. The van der Waals surface area contributed by atoms with Gasteiger partial charge in [-0.15, -0.1) is 0 Å². The van der Waals surface area contributed by atoms with Gasteiger partial charge in [-0.1, -0.05) is 5.16 Å². The van der Waals surface area contributed by atoms with Gasteiger partial charge in [-0.05, 0) is 31.1 Å². The van der Waals surface area contributed by atoms with Gasteiger partial charge in [0.1, 0.15) is 6.10 Å². The Hall–Kier alpha value is -0.740. The molecule has 0 saturated heterocycles. The van der Waals surface area contributed by atoms with Gasteiger partial charge in [0.15, 0.2) is 5.71 Å². The molecule has 0 amide bonds. The molecule has 0 unspecified atom stereocenters. The second-order valence-corrected chi connectivity index (χ2v) is 4.40. The molecule has 2 bridgehead atoms. The number of fused-ring (bicyclic) bond motifs is 5. The molecule has 2 nitrogen and oxygen atoms in total. The van der Waals surface area contributed by atoms with Gasteiger partial charge >= 0.3 is 6.18 Å². The molecule has 1 heterocycles. The van der Waals surface area contributed by atoms with Crippen LogP contribution in [0.2, 0.25) is 0 Å². The first-order valence-corrected chi connectivity index (χ1v) is 4.88. The van der Waals surface area contributed by atoms with Crippen LogP contribution in [0.1, 0.15) is 19.3 Å². The fraction of sp³-hybridized carbons (Fsp3) is 0.889. The highest BCUT2D eigenvalue weighted by Gasteiger charge is 2.60. The minimum atomic E-state index is -4.30. The summed E-state index contributed by atoms with van der Waals surface area (Å²) in [6, 6.07) is 0. The van der Waals surface area contributed by atoms with E-state index in [0.29, 0.717) is 5.92 Å². The molecule has 78 valence electrons. The monoisotopic (exact) mass is 205 g/mol. The van der Waals surface area contributed by atoms with E-state index >= 15 is 0 Å². The lowest BCUT2D eigenvalue weighted by molar-refractivity contribution is -0.0633. The van der Waals surface area contributed by atoms with Crippen LogP contribution in [0.3, 0.4) is 0 Å². The van der Waals surface area contributed by atoms with E-state index in [2.05, 4.69) is 5.16 Å². The number of oxime groups is 1. The molecule has 5 heteroatoms. The standard InChI is InChI=1S/C9H10F3NO/c10-9(11,12)8-6-4-1-2-5(3-4)7(6)14-13-8/h4-7H,1-3H2/t4-,5-,6-,7-/m1/s1. The Labute approximate surface area is 79.1 Å². The maximum absolute atomic E-state index is 12.5. The summed E-state index contributed by atoms with van der Waals surface area (Å²) in [6.07, 6.45) is -1.77. The van der Waals surface area contributed by atoms with Crippen molar-refractivity contribution in [3.05, 3.63) is 0 Å². The van der Waals surface area contributed by atoms with Gasteiger partial charge < -0.3 is 4.84 Å². The van der Waals surface area contributed by atoms with Gasteiger partial charge in [-0.25, -0.2) is 0 Å². The quantitative estimate of drug-likeness (QED) is 0.594.